The van der Waals surface area contributed by atoms with Gasteiger partial charge >= 0.3 is 0 Å². The molecule has 0 spiro atoms. The van der Waals surface area contributed by atoms with E-state index in [2.05, 4.69) is 24.4 Å². The van der Waals surface area contributed by atoms with E-state index in [1.54, 1.807) is 11.3 Å². The first kappa shape index (κ1) is 14.7. The van der Waals surface area contributed by atoms with Gasteiger partial charge < -0.3 is 5.32 Å². The van der Waals surface area contributed by atoms with Gasteiger partial charge in [-0.25, -0.2) is 0 Å². The summed E-state index contributed by atoms with van der Waals surface area (Å²) in [6.07, 6.45) is 5.59. The highest BCUT2D eigenvalue weighted by molar-refractivity contribution is 7.11. The van der Waals surface area contributed by atoms with Crippen molar-refractivity contribution in [2.75, 3.05) is 0 Å². The third-order valence-corrected chi connectivity index (χ3v) is 5.69. The molecule has 0 aromatic carbocycles. The van der Waals surface area contributed by atoms with E-state index in [1.807, 2.05) is 0 Å². The molecule has 1 saturated carbocycles. The van der Waals surface area contributed by atoms with E-state index in [0.29, 0.717) is 13.0 Å². The number of hydrogen-bond donors (Lipinski definition) is 1. The predicted molar refractivity (Wildman–Crippen MR) is 83.1 cm³/mol. The molecule has 21 heavy (non-hydrogen) atoms. The highest BCUT2D eigenvalue weighted by Crippen LogP contribution is 2.28. The highest BCUT2D eigenvalue weighted by atomic mass is 32.1. The van der Waals surface area contributed by atoms with Crippen molar-refractivity contribution in [2.45, 2.75) is 64.1 Å². The van der Waals surface area contributed by atoms with E-state index >= 15 is 0 Å². The third-order valence-electron chi connectivity index (χ3n) is 4.46. The molecule has 114 valence electrons. The van der Waals surface area contributed by atoms with E-state index in [9.17, 15) is 9.59 Å². The van der Waals surface area contributed by atoms with Gasteiger partial charge in [-0.15, -0.1) is 11.3 Å². The van der Waals surface area contributed by atoms with Gasteiger partial charge in [-0.05, 0) is 31.4 Å². The average Bonchev–Trinajstić information content (AvgIpc) is 3.18. The molecule has 1 aromatic rings. The van der Waals surface area contributed by atoms with Gasteiger partial charge in [-0.1, -0.05) is 19.8 Å². The van der Waals surface area contributed by atoms with Crippen LogP contribution < -0.4 is 5.32 Å². The maximum atomic E-state index is 12.4. The molecule has 1 aromatic heterocycles. The van der Waals surface area contributed by atoms with Gasteiger partial charge in [0.2, 0.25) is 11.8 Å². The number of likely N-dealkylation sites (tertiary alicyclic amines) is 1. The Kier molecular flexibility index (Phi) is 4.40. The molecule has 1 atom stereocenters. The van der Waals surface area contributed by atoms with Crippen molar-refractivity contribution in [2.24, 2.45) is 0 Å². The van der Waals surface area contributed by atoms with E-state index in [1.165, 1.54) is 14.7 Å². The number of amides is 2. The lowest BCUT2D eigenvalue weighted by atomic mass is 10.2. The second-order valence-electron chi connectivity index (χ2n) is 5.90. The first-order valence-electron chi connectivity index (χ1n) is 7.86. The molecule has 0 radical (unpaired) electrons. The van der Waals surface area contributed by atoms with Crippen LogP contribution in [0.2, 0.25) is 0 Å². The van der Waals surface area contributed by atoms with Gasteiger partial charge in [0.05, 0.1) is 12.5 Å². The van der Waals surface area contributed by atoms with Crippen LogP contribution in [0.3, 0.4) is 0 Å². The SMILES string of the molecule is CCc1ccc(CNC2CC(=O)N(C3CCCC3)C2=O)s1. The Bertz CT molecular complexity index is 534. The molecule has 5 heteroatoms. The molecule has 1 aliphatic heterocycles. The zero-order chi connectivity index (χ0) is 14.8. The van der Waals surface area contributed by atoms with Gasteiger partial charge in [0.15, 0.2) is 0 Å². The Balaban J connectivity index is 1.59. The molecule has 4 nitrogen and oxygen atoms in total. The lowest BCUT2D eigenvalue weighted by molar-refractivity contribution is -0.141. The molecule has 1 aliphatic carbocycles. The number of nitrogens with one attached hydrogen (secondary N) is 1. The molecule has 1 saturated heterocycles. The van der Waals surface area contributed by atoms with E-state index in [-0.39, 0.29) is 23.9 Å². The number of aryl methyl sites for hydroxylation is 1. The molecule has 1 unspecified atom stereocenters. The zero-order valence-corrected chi connectivity index (χ0v) is 13.2. The molecule has 2 amide bonds. The number of rotatable bonds is 5. The normalized spacial score (nSPS) is 23.5. The van der Waals surface area contributed by atoms with Crippen molar-refractivity contribution in [1.82, 2.24) is 10.2 Å². The molecule has 2 fully saturated rings. The number of nitrogens with zero attached hydrogens (tertiary/aromatic N) is 1. The van der Waals surface area contributed by atoms with E-state index in [0.717, 1.165) is 32.1 Å². The summed E-state index contributed by atoms with van der Waals surface area (Å²) >= 11 is 1.77. The summed E-state index contributed by atoms with van der Waals surface area (Å²) in [7, 11) is 0. The smallest absolute Gasteiger partial charge is 0.247 e. The minimum Gasteiger partial charge on any atom is -0.300 e. The van der Waals surface area contributed by atoms with Gasteiger partial charge in [-0.2, -0.15) is 0 Å². The summed E-state index contributed by atoms with van der Waals surface area (Å²) in [5, 5.41) is 3.27. The fourth-order valence-corrected chi connectivity index (χ4v) is 4.20. The van der Waals surface area contributed by atoms with Crippen LogP contribution in [-0.2, 0) is 22.6 Å². The van der Waals surface area contributed by atoms with Crippen LogP contribution in [0.1, 0.15) is 48.8 Å². The fourth-order valence-electron chi connectivity index (χ4n) is 3.29. The summed E-state index contributed by atoms with van der Waals surface area (Å²) < 4.78 is 0. The Morgan fingerprint density at radius 1 is 1.24 bits per heavy atom. The predicted octanol–water partition coefficient (Wildman–Crippen LogP) is 2.47. The number of carbonyl (C=O) groups excluding carboxylic acids is 2. The minimum absolute atomic E-state index is 0.00447. The second kappa shape index (κ2) is 6.28. The van der Waals surface area contributed by atoms with Crippen LogP contribution in [0.4, 0.5) is 0 Å². The minimum atomic E-state index is -0.328. The van der Waals surface area contributed by atoms with Gasteiger partial charge in [0.1, 0.15) is 0 Å². The highest BCUT2D eigenvalue weighted by Gasteiger charge is 2.42. The molecule has 2 aliphatic rings. The standard InChI is InChI=1S/C16H22N2O2S/c1-2-12-7-8-13(21-12)10-17-14-9-15(19)18(16(14)20)11-5-3-4-6-11/h7-8,11,14,17H,2-6,9-10H2,1H3. The summed E-state index contributed by atoms with van der Waals surface area (Å²) in [6, 6.07) is 4.07. The van der Waals surface area contributed by atoms with Crippen LogP contribution in [0, 0.1) is 0 Å². The maximum absolute atomic E-state index is 12.4. The Morgan fingerprint density at radius 3 is 2.62 bits per heavy atom. The lowest BCUT2D eigenvalue weighted by Gasteiger charge is -2.22. The molecule has 0 bridgehead atoms. The number of hydrogen-bond acceptors (Lipinski definition) is 4. The molecular weight excluding hydrogens is 284 g/mol. The van der Waals surface area contributed by atoms with Crippen LogP contribution >= 0.6 is 11.3 Å². The van der Waals surface area contributed by atoms with Crippen molar-refractivity contribution in [3.05, 3.63) is 21.9 Å². The summed E-state index contributed by atoms with van der Waals surface area (Å²) in [5.41, 5.74) is 0. The first-order valence-corrected chi connectivity index (χ1v) is 8.67. The monoisotopic (exact) mass is 306 g/mol. The van der Waals surface area contributed by atoms with E-state index < -0.39 is 0 Å². The molecular formula is C16H22N2O2S. The topological polar surface area (TPSA) is 49.4 Å². The average molecular weight is 306 g/mol. The maximum Gasteiger partial charge on any atom is 0.247 e. The van der Waals surface area contributed by atoms with Crippen LogP contribution in [-0.4, -0.2) is 28.8 Å². The summed E-state index contributed by atoms with van der Waals surface area (Å²) in [5.74, 6) is -0.0102. The van der Waals surface area contributed by atoms with Gasteiger partial charge in [-0.3, -0.25) is 14.5 Å². The van der Waals surface area contributed by atoms with Crippen molar-refractivity contribution in [1.29, 1.82) is 0 Å². The summed E-state index contributed by atoms with van der Waals surface area (Å²) in [6.45, 7) is 2.81. The number of imide groups is 1. The Morgan fingerprint density at radius 2 is 1.95 bits per heavy atom. The fraction of sp³-hybridized carbons (Fsp3) is 0.625. The van der Waals surface area contributed by atoms with Crippen molar-refractivity contribution >= 4 is 23.2 Å². The van der Waals surface area contributed by atoms with Crippen molar-refractivity contribution < 1.29 is 9.59 Å². The lowest BCUT2D eigenvalue weighted by Crippen LogP contribution is -2.42. The van der Waals surface area contributed by atoms with Gasteiger partial charge in [0, 0.05) is 22.3 Å². The Labute approximate surface area is 129 Å². The van der Waals surface area contributed by atoms with Gasteiger partial charge in [0.25, 0.3) is 0 Å². The Hall–Kier alpha value is -1.20. The third kappa shape index (κ3) is 3.04. The first-order chi connectivity index (χ1) is 10.2. The quantitative estimate of drug-likeness (QED) is 0.850. The molecule has 2 heterocycles. The number of carbonyl (C=O) groups is 2. The van der Waals surface area contributed by atoms with Crippen LogP contribution in [0.15, 0.2) is 12.1 Å². The van der Waals surface area contributed by atoms with Crippen LogP contribution in [0.5, 0.6) is 0 Å². The van der Waals surface area contributed by atoms with Crippen molar-refractivity contribution in [3.8, 4) is 0 Å². The van der Waals surface area contributed by atoms with Crippen LogP contribution in [0.25, 0.3) is 0 Å². The van der Waals surface area contributed by atoms with Crippen molar-refractivity contribution in [3.63, 3.8) is 0 Å². The molecule has 1 N–H and O–H groups in total. The molecule has 3 rings (SSSR count). The number of thiophene rings is 1. The largest absolute Gasteiger partial charge is 0.300 e. The zero-order valence-electron chi connectivity index (χ0n) is 12.4. The summed E-state index contributed by atoms with van der Waals surface area (Å²) in [4.78, 5) is 28.7. The second-order valence-corrected chi connectivity index (χ2v) is 7.15. The van der Waals surface area contributed by atoms with E-state index in [4.69, 9.17) is 0 Å².